The molecule has 1 aliphatic rings. The van der Waals surface area contributed by atoms with E-state index in [2.05, 4.69) is 32.1 Å². The predicted molar refractivity (Wildman–Crippen MR) is 125 cm³/mol. The van der Waals surface area contributed by atoms with Crippen LogP contribution in [0.3, 0.4) is 0 Å². The molecule has 0 saturated carbocycles. The first kappa shape index (κ1) is 20.9. The number of aryl methyl sites for hydroxylation is 1. The Balaban J connectivity index is 1.62. The van der Waals surface area contributed by atoms with Gasteiger partial charge in [-0.1, -0.05) is 18.1 Å². The van der Waals surface area contributed by atoms with E-state index in [1.165, 1.54) is 4.68 Å². The van der Waals surface area contributed by atoms with Crippen LogP contribution in [0.1, 0.15) is 18.4 Å². The van der Waals surface area contributed by atoms with Crippen LogP contribution in [0.4, 0.5) is 5.95 Å². The Kier molecular flexibility index (Phi) is 5.40. The lowest BCUT2D eigenvalue weighted by atomic mass is 10.2. The van der Waals surface area contributed by atoms with E-state index in [1.54, 1.807) is 20.0 Å². The van der Waals surface area contributed by atoms with Gasteiger partial charge in [0.25, 0.3) is 5.56 Å². The first-order valence-electron chi connectivity index (χ1n) is 10.9. The van der Waals surface area contributed by atoms with Crippen LogP contribution in [0.15, 0.2) is 35.3 Å². The molecule has 0 spiro atoms. The summed E-state index contributed by atoms with van der Waals surface area (Å²) < 4.78 is 3.89. The SMILES string of the molecule is CC#CCn1c(N2CCNCC2)nc2cnn(Cc3nc4ccccc4c(C)[n+]3[O-])c(=O)c21. The van der Waals surface area contributed by atoms with E-state index in [1.807, 2.05) is 28.8 Å². The Hall–Kier alpha value is -3.97. The zero-order chi connectivity index (χ0) is 22.9. The smallest absolute Gasteiger partial charge is 0.324 e. The maximum Gasteiger partial charge on any atom is 0.324 e. The zero-order valence-electron chi connectivity index (χ0n) is 18.6. The van der Waals surface area contributed by atoms with Crippen molar-refractivity contribution in [3.05, 3.63) is 57.5 Å². The fourth-order valence-electron chi connectivity index (χ4n) is 4.20. The number of nitrogens with zero attached hydrogens (tertiary/aromatic N) is 7. The van der Waals surface area contributed by atoms with Gasteiger partial charge in [0.05, 0.1) is 18.1 Å². The van der Waals surface area contributed by atoms with Crippen LogP contribution in [-0.2, 0) is 13.1 Å². The average molecular weight is 444 g/mol. The summed E-state index contributed by atoms with van der Waals surface area (Å²) in [4.78, 5) is 24.8. The molecule has 4 heterocycles. The molecule has 0 bridgehead atoms. The second-order valence-corrected chi connectivity index (χ2v) is 7.93. The van der Waals surface area contributed by atoms with Crippen LogP contribution in [0.2, 0.25) is 0 Å². The summed E-state index contributed by atoms with van der Waals surface area (Å²) in [6.45, 7) is 7.10. The fourth-order valence-corrected chi connectivity index (χ4v) is 4.20. The summed E-state index contributed by atoms with van der Waals surface area (Å²) in [7, 11) is 0. The highest BCUT2D eigenvalue weighted by molar-refractivity contribution is 5.79. The molecule has 1 fully saturated rings. The molecule has 5 rings (SSSR count). The quantitative estimate of drug-likeness (QED) is 0.278. The number of piperazine rings is 1. The highest BCUT2D eigenvalue weighted by atomic mass is 16.5. The van der Waals surface area contributed by atoms with E-state index < -0.39 is 0 Å². The van der Waals surface area contributed by atoms with Gasteiger partial charge in [0.15, 0.2) is 12.1 Å². The number of nitrogens with one attached hydrogen (secondary N) is 1. The lowest BCUT2D eigenvalue weighted by Gasteiger charge is -2.28. The van der Waals surface area contributed by atoms with Crippen LogP contribution in [-0.4, -0.2) is 50.5 Å². The van der Waals surface area contributed by atoms with Crippen molar-refractivity contribution in [2.24, 2.45) is 0 Å². The second-order valence-electron chi connectivity index (χ2n) is 7.93. The van der Waals surface area contributed by atoms with Crippen LogP contribution >= 0.6 is 0 Å². The minimum absolute atomic E-state index is 0.0441. The van der Waals surface area contributed by atoms with Crippen molar-refractivity contribution in [1.29, 1.82) is 0 Å². The minimum atomic E-state index is -0.327. The third kappa shape index (κ3) is 3.66. The van der Waals surface area contributed by atoms with E-state index in [-0.39, 0.29) is 17.9 Å². The van der Waals surface area contributed by atoms with Gasteiger partial charge in [-0.15, -0.1) is 5.92 Å². The highest BCUT2D eigenvalue weighted by Crippen LogP contribution is 2.20. The summed E-state index contributed by atoms with van der Waals surface area (Å²) >= 11 is 0. The molecular formula is C23H24N8O2. The van der Waals surface area contributed by atoms with Crippen LogP contribution in [0, 0.1) is 24.0 Å². The third-order valence-corrected chi connectivity index (χ3v) is 5.92. The van der Waals surface area contributed by atoms with E-state index in [0.29, 0.717) is 34.7 Å². The lowest BCUT2D eigenvalue weighted by molar-refractivity contribution is -0.623. The Labute approximate surface area is 190 Å². The zero-order valence-corrected chi connectivity index (χ0v) is 18.6. The van der Waals surface area contributed by atoms with E-state index >= 15 is 0 Å². The molecule has 1 N–H and O–H groups in total. The predicted octanol–water partition coefficient (Wildman–Crippen LogP) is 0.564. The molecule has 0 amide bonds. The number of anilines is 1. The number of aromatic nitrogens is 6. The van der Waals surface area contributed by atoms with E-state index in [9.17, 15) is 10.0 Å². The monoisotopic (exact) mass is 444 g/mol. The Morgan fingerprint density at radius 2 is 1.97 bits per heavy atom. The van der Waals surface area contributed by atoms with E-state index in [0.717, 1.165) is 36.3 Å². The summed E-state index contributed by atoms with van der Waals surface area (Å²) in [5, 5.41) is 21.3. The van der Waals surface area contributed by atoms with Crippen molar-refractivity contribution >= 4 is 27.9 Å². The van der Waals surface area contributed by atoms with Crippen molar-refractivity contribution in [3.8, 4) is 11.8 Å². The highest BCUT2D eigenvalue weighted by Gasteiger charge is 2.23. The Morgan fingerprint density at radius 1 is 1.18 bits per heavy atom. The normalized spacial score (nSPS) is 13.9. The third-order valence-electron chi connectivity index (χ3n) is 5.92. The first-order chi connectivity index (χ1) is 16.1. The van der Waals surface area contributed by atoms with Gasteiger partial charge >= 0.3 is 5.82 Å². The van der Waals surface area contributed by atoms with E-state index in [4.69, 9.17) is 4.98 Å². The van der Waals surface area contributed by atoms with Gasteiger partial charge < -0.3 is 15.4 Å². The Morgan fingerprint density at radius 3 is 2.76 bits per heavy atom. The maximum atomic E-state index is 13.5. The molecule has 1 aliphatic heterocycles. The summed E-state index contributed by atoms with van der Waals surface area (Å²) in [6, 6.07) is 7.45. The topological polar surface area (TPSA) is 108 Å². The van der Waals surface area contributed by atoms with Gasteiger partial charge in [-0.3, -0.25) is 9.36 Å². The molecule has 33 heavy (non-hydrogen) atoms. The largest absolute Gasteiger partial charge is 0.710 e. The molecule has 4 aromatic rings. The molecule has 3 aromatic heterocycles. The fraction of sp³-hybridized carbons (Fsp3) is 0.348. The number of hydrogen-bond acceptors (Lipinski definition) is 7. The molecule has 168 valence electrons. The van der Waals surface area contributed by atoms with Crippen LogP contribution in [0.5, 0.6) is 0 Å². The molecule has 1 saturated heterocycles. The van der Waals surface area contributed by atoms with Gasteiger partial charge in [0.1, 0.15) is 16.7 Å². The molecule has 1 aromatic carbocycles. The standard InChI is InChI=1S/C23H24N8O2/c1-3-4-11-29-21-19(27-23(29)28-12-9-24-10-13-28)14-25-30(22(21)32)15-20-26-18-8-6-5-7-17(18)16(2)31(20)33/h5-8,14,24H,9-13,15H2,1-2H3. The number of benzene rings is 1. The van der Waals surface area contributed by atoms with Gasteiger partial charge in [-0.25, -0.2) is 14.4 Å². The summed E-state index contributed by atoms with van der Waals surface area (Å²) in [5.74, 6) is 6.87. The molecule has 0 atom stereocenters. The molecule has 10 heteroatoms. The minimum Gasteiger partial charge on any atom is -0.710 e. The average Bonchev–Trinajstić information content (AvgIpc) is 3.22. The second kappa shape index (κ2) is 8.52. The van der Waals surface area contributed by atoms with Gasteiger partial charge in [-0.2, -0.15) is 5.10 Å². The number of para-hydroxylation sites is 1. The van der Waals surface area contributed by atoms with Crippen molar-refractivity contribution in [3.63, 3.8) is 0 Å². The number of fused-ring (bicyclic) bond motifs is 2. The molecule has 0 radical (unpaired) electrons. The van der Waals surface area contributed by atoms with Gasteiger partial charge in [0.2, 0.25) is 5.95 Å². The van der Waals surface area contributed by atoms with Crippen molar-refractivity contribution in [1.82, 2.24) is 29.6 Å². The lowest BCUT2D eigenvalue weighted by Crippen LogP contribution is -2.44. The molecular weight excluding hydrogens is 420 g/mol. The van der Waals surface area contributed by atoms with Crippen LogP contribution < -0.4 is 20.5 Å². The number of rotatable bonds is 4. The van der Waals surface area contributed by atoms with Crippen molar-refractivity contribution in [2.45, 2.75) is 26.9 Å². The first-order valence-corrected chi connectivity index (χ1v) is 10.9. The van der Waals surface area contributed by atoms with Crippen LogP contribution in [0.25, 0.3) is 21.9 Å². The Bertz CT molecular complexity index is 1470. The molecule has 10 nitrogen and oxygen atoms in total. The maximum absolute atomic E-state index is 13.5. The summed E-state index contributed by atoms with van der Waals surface area (Å²) in [6.07, 6.45) is 1.57. The van der Waals surface area contributed by atoms with Crippen molar-refractivity contribution in [2.75, 3.05) is 31.1 Å². The molecule has 0 unspecified atom stereocenters. The number of imidazole rings is 1. The van der Waals surface area contributed by atoms with Gasteiger partial charge in [-0.05, 0) is 31.0 Å². The van der Waals surface area contributed by atoms with Crippen molar-refractivity contribution < 1.29 is 4.73 Å². The van der Waals surface area contributed by atoms with Gasteiger partial charge in [0, 0.05) is 26.2 Å². The summed E-state index contributed by atoms with van der Waals surface area (Å²) in [5.41, 5.74) is 1.85. The molecule has 0 aliphatic carbocycles. The number of hydrogen-bond donors (Lipinski definition) is 1.